The Morgan fingerprint density at radius 1 is 1.00 bits per heavy atom. The summed E-state index contributed by atoms with van der Waals surface area (Å²) in [5.41, 5.74) is 1.71. The fourth-order valence-corrected chi connectivity index (χ4v) is 2.60. The predicted molar refractivity (Wildman–Crippen MR) is 105 cm³/mol. The number of hydrogen-bond acceptors (Lipinski definition) is 4. The van der Waals surface area contributed by atoms with Gasteiger partial charge in [0.1, 0.15) is 5.75 Å². The van der Waals surface area contributed by atoms with Crippen molar-refractivity contribution in [3.63, 3.8) is 0 Å². The van der Waals surface area contributed by atoms with Gasteiger partial charge < -0.3 is 14.8 Å². The lowest BCUT2D eigenvalue weighted by atomic mass is 10.1. The summed E-state index contributed by atoms with van der Waals surface area (Å²) in [4.78, 5) is 24.0. The third kappa shape index (κ3) is 6.77. The zero-order valence-corrected chi connectivity index (χ0v) is 16.1. The molecule has 0 bridgehead atoms. The van der Waals surface area contributed by atoms with E-state index >= 15 is 0 Å². The van der Waals surface area contributed by atoms with Crippen molar-refractivity contribution in [3.8, 4) is 5.75 Å². The van der Waals surface area contributed by atoms with Crippen LogP contribution in [-0.4, -0.2) is 30.6 Å². The summed E-state index contributed by atoms with van der Waals surface area (Å²) in [5, 5.41) is 2.98. The Labute approximate surface area is 160 Å². The largest absolute Gasteiger partial charge is 0.481 e. The van der Waals surface area contributed by atoms with Gasteiger partial charge >= 0.3 is 5.97 Å². The normalized spacial score (nSPS) is 12.7. The van der Waals surface area contributed by atoms with E-state index in [-0.39, 0.29) is 17.9 Å². The number of aryl methyl sites for hydroxylation is 1. The first-order valence-electron chi connectivity index (χ1n) is 9.27. The molecule has 1 N–H and O–H groups in total. The van der Waals surface area contributed by atoms with Crippen molar-refractivity contribution in [2.24, 2.45) is 0 Å². The Bertz CT molecular complexity index is 728. The smallest absolute Gasteiger partial charge is 0.338 e. The summed E-state index contributed by atoms with van der Waals surface area (Å²) in [7, 11) is 0. The third-order valence-electron chi connectivity index (χ3n) is 4.15. The van der Waals surface area contributed by atoms with Crippen LogP contribution >= 0.6 is 0 Å². The molecule has 5 heteroatoms. The fraction of sp³-hybridized carbons (Fsp3) is 0.364. The summed E-state index contributed by atoms with van der Waals surface area (Å²) in [6, 6.07) is 16.8. The monoisotopic (exact) mass is 369 g/mol. The maximum atomic E-state index is 12.3. The topological polar surface area (TPSA) is 64.6 Å². The molecular formula is C22H27NO4. The van der Waals surface area contributed by atoms with Gasteiger partial charge in [0.25, 0.3) is 5.91 Å². The van der Waals surface area contributed by atoms with Crippen molar-refractivity contribution in [1.29, 1.82) is 0 Å². The first-order chi connectivity index (χ1) is 13.0. The molecule has 2 rings (SSSR count). The highest BCUT2D eigenvalue weighted by Crippen LogP contribution is 2.15. The molecule has 0 saturated heterocycles. The Morgan fingerprint density at radius 3 is 2.30 bits per heavy atom. The van der Waals surface area contributed by atoms with E-state index in [0.717, 1.165) is 12.8 Å². The molecule has 2 aromatic carbocycles. The van der Waals surface area contributed by atoms with Gasteiger partial charge in [0, 0.05) is 6.04 Å². The van der Waals surface area contributed by atoms with E-state index in [1.165, 1.54) is 5.56 Å². The maximum absolute atomic E-state index is 12.3. The molecule has 0 aliphatic rings. The van der Waals surface area contributed by atoms with Gasteiger partial charge in [-0.15, -0.1) is 0 Å². The molecule has 2 atom stereocenters. The Hall–Kier alpha value is -2.82. The third-order valence-corrected chi connectivity index (χ3v) is 4.15. The summed E-state index contributed by atoms with van der Waals surface area (Å²) < 4.78 is 10.6. The number of benzene rings is 2. The average Bonchev–Trinajstić information content (AvgIpc) is 2.68. The zero-order chi connectivity index (χ0) is 19.6. The average molecular weight is 369 g/mol. The zero-order valence-electron chi connectivity index (χ0n) is 16.1. The van der Waals surface area contributed by atoms with E-state index in [9.17, 15) is 9.59 Å². The first-order valence-corrected chi connectivity index (χ1v) is 9.27. The van der Waals surface area contributed by atoms with Crippen LogP contribution in [0.2, 0.25) is 0 Å². The van der Waals surface area contributed by atoms with Crippen LogP contribution in [0.1, 0.15) is 43.1 Å². The number of amides is 1. The fourth-order valence-electron chi connectivity index (χ4n) is 2.60. The van der Waals surface area contributed by atoms with Crippen molar-refractivity contribution >= 4 is 11.9 Å². The number of nitrogens with one attached hydrogen (secondary N) is 1. The second-order valence-electron chi connectivity index (χ2n) is 6.44. The van der Waals surface area contributed by atoms with Crippen LogP contribution in [0.4, 0.5) is 0 Å². The van der Waals surface area contributed by atoms with Gasteiger partial charge in [0.15, 0.2) is 6.10 Å². The summed E-state index contributed by atoms with van der Waals surface area (Å²) >= 11 is 0. The standard InChI is InChI=1S/C22H27NO4/c1-4-26-22(25)19-12-14-20(15-13-19)27-17(3)21(24)23-16(2)10-11-18-8-6-5-7-9-18/h5-9,12-17H,4,10-11H2,1-3H3,(H,23,24)/t16-,17-/m1/s1. The molecule has 5 nitrogen and oxygen atoms in total. The maximum Gasteiger partial charge on any atom is 0.338 e. The molecule has 27 heavy (non-hydrogen) atoms. The molecule has 0 aliphatic heterocycles. The minimum absolute atomic E-state index is 0.0509. The van der Waals surface area contributed by atoms with Gasteiger partial charge in [0.2, 0.25) is 0 Å². The Kier molecular flexibility index (Phi) is 7.86. The van der Waals surface area contributed by atoms with E-state index in [1.54, 1.807) is 38.1 Å². The van der Waals surface area contributed by atoms with Crippen LogP contribution in [0.15, 0.2) is 54.6 Å². The Balaban J connectivity index is 1.79. The number of hydrogen-bond donors (Lipinski definition) is 1. The molecule has 2 aromatic rings. The van der Waals surface area contributed by atoms with E-state index in [0.29, 0.717) is 17.9 Å². The van der Waals surface area contributed by atoms with Crippen LogP contribution in [0, 0.1) is 0 Å². The summed E-state index contributed by atoms with van der Waals surface area (Å²) in [5.74, 6) is -0.00486. The SMILES string of the molecule is CCOC(=O)c1ccc(O[C@H](C)C(=O)N[C@H](C)CCc2ccccc2)cc1. The quantitative estimate of drug-likeness (QED) is 0.684. The minimum Gasteiger partial charge on any atom is -0.481 e. The number of esters is 1. The lowest BCUT2D eigenvalue weighted by molar-refractivity contribution is -0.127. The van der Waals surface area contributed by atoms with E-state index in [4.69, 9.17) is 9.47 Å². The van der Waals surface area contributed by atoms with Crippen LogP contribution in [0.25, 0.3) is 0 Å². The van der Waals surface area contributed by atoms with E-state index < -0.39 is 6.10 Å². The second-order valence-corrected chi connectivity index (χ2v) is 6.44. The van der Waals surface area contributed by atoms with E-state index in [1.807, 2.05) is 25.1 Å². The van der Waals surface area contributed by atoms with Gasteiger partial charge in [-0.05, 0) is 63.4 Å². The van der Waals surface area contributed by atoms with E-state index in [2.05, 4.69) is 17.4 Å². The number of carbonyl (C=O) groups excluding carboxylic acids is 2. The van der Waals surface area contributed by atoms with Crippen LogP contribution in [0.5, 0.6) is 5.75 Å². The molecule has 1 amide bonds. The minimum atomic E-state index is -0.627. The van der Waals surface area contributed by atoms with Gasteiger partial charge in [0.05, 0.1) is 12.2 Å². The highest BCUT2D eigenvalue weighted by atomic mass is 16.5. The van der Waals surface area contributed by atoms with Crippen molar-refractivity contribution < 1.29 is 19.1 Å². The van der Waals surface area contributed by atoms with Crippen molar-refractivity contribution in [3.05, 3.63) is 65.7 Å². The summed E-state index contributed by atoms with van der Waals surface area (Å²) in [6.07, 6.45) is 1.14. The highest BCUT2D eigenvalue weighted by Gasteiger charge is 2.17. The number of ether oxygens (including phenoxy) is 2. The Morgan fingerprint density at radius 2 is 1.67 bits per heavy atom. The predicted octanol–water partition coefficient (Wildman–Crippen LogP) is 3.77. The molecule has 144 valence electrons. The van der Waals surface area contributed by atoms with Crippen molar-refractivity contribution in [2.75, 3.05) is 6.61 Å². The molecule has 0 aliphatic carbocycles. The van der Waals surface area contributed by atoms with Crippen molar-refractivity contribution in [1.82, 2.24) is 5.32 Å². The molecule has 0 saturated carbocycles. The molecule has 0 unspecified atom stereocenters. The van der Waals surface area contributed by atoms with Gasteiger partial charge in [-0.3, -0.25) is 4.79 Å². The number of rotatable bonds is 9. The first kappa shape index (κ1) is 20.5. The van der Waals surface area contributed by atoms with Gasteiger partial charge in [-0.2, -0.15) is 0 Å². The van der Waals surface area contributed by atoms with Crippen LogP contribution < -0.4 is 10.1 Å². The molecule has 0 spiro atoms. The molecule has 0 fully saturated rings. The lowest BCUT2D eigenvalue weighted by Crippen LogP contribution is -2.41. The van der Waals surface area contributed by atoms with Crippen LogP contribution in [-0.2, 0) is 16.0 Å². The molecule has 0 aromatic heterocycles. The lowest BCUT2D eigenvalue weighted by Gasteiger charge is -2.19. The summed E-state index contributed by atoms with van der Waals surface area (Å²) in [6.45, 7) is 5.79. The second kappa shape index (κ2) is 10.4. The van der Waals surface area contributed by atoms with Gasteiger partial charge in [-0.25, -0.2) is 4.79 Å². The van der Waals surface area contributed by atoms with Crippen molar-refractivity contribution in [2.45, 2.75) is 45.8 Å². The number of carbonyl (C=O) groups is 2. The molecular weight excluding hydrogens is 342 g/mol. The van der Waals surface area contributed by atoms with Crippen LogP contribution in [0.3, 0.4) is 0 Å². The molecule has 0 heterocycles. The molecule has 0 radical (unpaired) electrons. The highest BCUT2D eigenvalue weighted by molar-refractivity contribution is 5.89. The van der Waals surface area contributed by atoms with Gasteiger partial charge in [-0.1, -0.05) is 30.3 Å².